The fourth-order valence-corrected chi connectivity index (χ4v) is 3.28. The Morgan fingerprint density at radius 3 is 2.62 bits per heavy atom. The standard InChI is InChI=1S/C17H26N2O2/c1-13-8-7-11-19(14(13)2)12-17(18-3,16(20)21)15-9-5-4-6-10-15/h4-6,9-10,13-14,18H,7-8,11-12H2,1-3H3,(H,20,21). The Morgan fingerprint density at radius 2 is 2.05 bits per heavy atom. The summed E-state index contributed by atoms with van der Waals surface area (Å²) in [5.74, 6) is -0.209. The Kier molecular flexibility index (Phi) is 5.01. The van der Waals surface area contributed by atoms with E-state index < -0.39 is 11.5 Å². The van der Waals surface area contributed by atoms with Crippen molar-refractivity contribution in [2.24, 2.45) is 5.92 Å². The van der Waals surface area contributed by atoms with Crippen LogP contribution in [0.25, 0.3) is 0 Å². The number of carbonyl (C=O) groups is 1. The highest BCUT2D eigenvalue weighted by molar-refractivity contribution is 5.81. The number of hydrogen-bond acceptors (Lipinski definition) is 3. The molecule has 1 fully saturated rings. The van der Waals surface area contributed by atoms with Gasteiger partial charge in [-0.1, -0.05) is 37.3 Å². The first kappa shape index (κ1) is 16.0. The molecule has 1 saturated heterocycles. The summed E-state index contributed by atoms with van der Waals surface area (Å²) in [6.07, 6.45) is 2.36. The average molecular weight is 290 g/mol. The minimum Gasteiger partial charge on any atom is -0.480 e. The van der Waals surface area contributed by atoms with E-state index in [0.717, 1.165) is 18.5 Å². The minimum atomic E-state index is -1.05. The van der Waals surface area contributed by atoms with E-state index in [1.54, 1.807) is 7.05 Å². The number of carboxylic acids is 1. The number of aliphatic carboxylic acids is 1. The molecule has 0 aromatic heterocycles. The van der Waals surface area contributed by atoms with Crippen molar-refractivity contribution in [2.75, 3.05) is 20.1 Å². The summed E-state index contributed by atoms with van der Waals surface area (Å²) in [5.41, 5.74) is -0.238. The lowest BCUT2D eigenvalue weighted by atomic mass is 9.85. The first-order valence-electron chi connectivity index (χ1n) is 7.73. The van der Waals surface area contributed by atoms with Crippen LogP contribution in [0.15, 0.2) is 30.3 Å². The van der Waals surface area contributed by atoms with Gasteiger partial charge in [-0.2, -0.15) is 0 Å². The van der Waals surface area contributed by atoms with Crippen LogP contribution in [0.4, 0.5) is 0 Å². The molecule has 1 aliphatic heterocycles. The van der Waals surface area contributed by atoms with E-state index in [1.807, 2.05) is 30.3 Å². The Morgan fingerprint density at radius 1 is 1.38 bits per heavy atom. The van der Waals surface area contributed by atoms with E-state index in [4.69, 9.17) is 0 Å². The lowest BCUT2D eigenvalue weighted by molar-refractivity contribution is -0.146. The van der Waals surface area contributed by atoms with Gasteiger partial charge in [0.1, 0.15) is 0 Å². The Hall–Kier alpha value is -1.39. The van der Waals surface area contributed by atoms with Crippen LogP contribution in [-0.2, 0) is 10.3 Å². The molecule has 0 spiro atoms. The molecule has 2 N–H and O–H groups in total. The van der Waals surface area contributed by atoms with E-state index in [-0.39, 0.29) is 0 Å². The molecule has 1 aliphatic rings. The summed E-state index contributed by atoms with van der Waals surface area (Å²) in [6, 6.07) is 9.90. The topological polar surface area (TPSA) is 52.6 Å². The summed E-state index contributed by atoms with van der Waals surface area (Å²) in [7, 11) is 1.74. The summed E-state index contributed by atoms with van der Waals surface area (Å²) in [5, 5.41) is 12.9. The first-order chi connectivity index (χ1) is 10.0. The number of likely N-dealkylation sites (N-methyl/N-ethyl adjacent to an activating group) is 1. The second kappa shape index (κ2) is 6.58. The Bertz CT molecular complexity index is 477. The van der Waals surface area contributed by atoms with Gasteiger partial charge < -0.3 is 10.4 Å². The van der Waals surface area contributed by atoms with Crippen molar-refractivity contribution >= 4 is 5.97 Å². The second-order valence-electron chi connectivity index (χ2n) is 6.16. The lowest BCUT2D eigenvalue weighted by Gasteiger charge is -2.43. The summed E-state index contributed by atoms with van der Waals surface area (Å²) >= 11 is 0. The highest BCUT2D eigenvalue weighted by Crippen LogP contribution is 2.29. The molecule has 3 atom stereocenters. The quantitative estimate of drug-likeness (QED) is 0.874. The van der Waals surface area contributed by atoms with Crippen LogP contribution in [0.3, 0.4) is 0 Å². The number of likely N-dealkylation sites (tertiary alicyclic amines) is 1. The van der Waals surface area contributed by atoms with Crippen LogP contribution >= 0.6 is 0 Å². The number of nitrogens with zero attached hydrogens (tertiary/aromatic N) is 1. The van der Waals surface area contributed by atoms with Crippen LogP contribution < -0.4 is 5.32 Å². The molecule has 1 aromatic rings. The fraction of sp³-hybridized carbons (Fsp3) is 0.588. The Balaban J connectivity index is 2.31. The molecule has 3 unspecified atom stereocenters. The zero-order chi connectivity index (χ0) is 15.5. The Labute approximate surface area is 127 Å². The monoisotopic (exact) mass is 290 g/mol. The van der Waals surface area contributed by atoms with Gasteiger partial charge in [-0.15, -0.1) is 0 Å². The smallest absolute Gasteiger partial charge is 0.329 e. The van der Waals surface area contributed by atoms with Gasteiger partial charge in [-0.3, -0.25) is 4.90 Å². The number of hydrogen-bond donors (Lipinski definition) is 2. The molecule has 1 aromatic carbocycles. The predicted octanol–water partition coefficient (Wildman–Crippen LogP) is 2.31. The van der Waals surface area contributed by atoms with Gasteiger partial charge in [-0.05, 0) is 44.8 Å². The number of piperidine rings is 1. The van der Waals surface area contributed by atoms with Crippen molar-refractivity contribution in [2.45, 2.75) is 38.3 Å². The van der Waals surface area contributed by atoms with Gasteiger partial charge in [0.15, 0.2) is 5.54 Å². The maximum atomic E-state index is 12.0. The molecule has 116 valence electrons. The molecule has 0 saturated carbocycles. The van der Waals surface area contributed by atoms with E-state index in [9.17, 15) is 9.90 Å². The zero-order valence-electron chi connectivity index (χ0n) is 13.2. The third-order valence-corrected chi connectivity index (χ3v) is 5.00. The van der Waals surface area contributed by atoms with Gasteiger partial charge in [0.25, 0.3) is 0 Å². The van der Waals surface area contributed by atoms with E-state index in [0.29, 0.717) is 18.5 Å². The maximum absolute atomic E-state index is 12.0. The van der Waals surface area contributed by atoms with Crippen molar-refractivity contribution in [1.82, 2.24) is 10.2 Å². The van der Waals surface area contributed by atoms with E-state index >= 15 is 0 Å². The summed E-state index contributed by atoms with van der Waals surface area (Å²) < 4.78 is 0. The van der Waals surface area contributed by atoms with Crippen molar-refractivity contribution in [3.05, 3.63) is 35.9 Å². The van der Waals surface area contributed by atoms with Crippen LogP contribution in [0.1, 0.15) is 32.3 Å². The molecule has 4 nitrogen and oxygen atoms in total. The van der Waals surface area contributed by atoms with Gasteiger partial charge in [0, 0.05) is 12.6 Å². The van der Waals surface area contributed by atoms with Crippen molar-refractivity contribution < 1.29 is 9.90 Å². The van der Waals surface area contributed by atoms with Gasteiger partial charge >= 0.3 is 5.97 Å². The highest BCUT2D eigenvalue weighted by atomic mass is 16.4. The van der Waals surface area contributed by atoms with Crippen molar-refractivity contribution in [3.63, 3.8) is 0 Å². The number of rotatable bonds is 5. The van der Waals surface area contributed by atoms with Crippen molar-refractivity contribution in [1.29, 1.82) is 0 Å². The second-order valence-corrected chi connectivity index (χ2v) is 6.16. The zero-order valence-corrected chi connectivity index (χ0v) is 13.2. The third-order valence-electron chi connectivity index (χ3n) is 5.00. The summed E-state index contributed by atoms with van der Waals surface area (Å²) in [6.45, 7) is 5.92. The molecule has 1 heterocycles. The number of nitrogens with one attached hydrogen (secondary N) is 1. The van der Waals surface area contributed by atoms with Crippen LogP contribution in [-0.4, -0.2) is 42.2 Å². The fourth-order valence-electron chi connectivity index (χ4n) is 3.28. The molecule has 2 rings (SSSR count). The predicted molar refractivity (Wildman–Crippen MR) is 84.2 cm³/mol. The normalized spacial score (nSPS) is 26.2. The largest absolute Gasteiger partial charge is 0.480 e. The highest BCUT2D eigenvalue weighted by Gasteiger charge is 2.42. The van der Waals surface area contributed by atoms with E-state index in [1.165, 1.54) is 6.42 Å². The molecular formula is C17H26N2O2. The number of carboxylic acid groups (broad SMARTS) is 1. The van der Waals surface area contributed by atoms with Crippen molar-refractivity contribution in [3.8, 4) is 0 Å². The van der Waals surface area contributed by atoms with Crippen LogP contribution in [0, 0.1) is 5.92 Å². The van der Waals surface area contributed by atoms with Crippen LogP contribution in [0.2, 0.25) is 0 Å². The van der Waals surface area contributed by atoms with E-state index in [2.05, 4.69) is 24.1 Å². The molecule has 0 bridgehead atoms. The molecular weight excluding hydrogens is 264 g/mol. The third kappa shape index (κ3) is 3.11. The van der Waals surface area contributed by atoms with Crippen LogP contribution in [0.5, 0.6) is 0 Å². The first-order valence-corrected chi connectivity index (χ1v) is 7.73. The maximum Gasteiger partial charge on any atom is 0.329 e. The van der Waals surface area contributed by atoms with Gasteiger partial charge in [0.2, 0.25) is 0 Å². The van der Waals surface area contributed by atoms with Gasteiger partial charge in [0.05, 0.1) is 0 Å². The number of benzene rings is 1. The molecule has 21 heavy (non-hydrogen) atoms. The summed E-state index contributed by atoms with van der Waals surface area (Å²) in [4.78, 5) is 14.3. The van der Waals surface area contributed by atoms with Gasteiger partial charge in [-0.25, -0.2) is 4.79 Å². The molecule has 0 amide bonds. The molecule has 0 radical (unpaired) electrons. The minimum absolute atomic E-state index is 0.412. The average Bonchev–Trinajstić information content (AvgIpc) is 2.49. The molecule has 4 heteroatoms. The SMILES string of the molecule is CNC(CN1CCCC(C)C1C)(C(=O)O)c1ccccc1. The lowest BCUT2D eigenvalue weighted by Crippen LogP contribution is -2.58. The molecule has 0 aliphatic carbocycles.